The highest BCUT2D eigenvalue weighted by molar-refractivity contribution is 5.59. The number of hydrogen-bond acceptors (Lipinski definition) is 3. The summed E-state index contributed by atoms with van der Waals surface area (Å²) in [7, 11) is 1.69. The van der Waals surface area contributed by atoms with Crippen molar-refractivity contribution in [1.82, 2.24) is 14.7 Å². The molecule has 0 aliphatic carbocycles. The molecule has 0 unspecified atom stereocenters. The van der Waals surface area contributed by atoms with Gasteiger partial charge in [0.1, 0.15) is 17.1 Å². The first-order valence-corrected chi connectivity index (χ1v) is 5.58. The molecular formula is C12H15N3O. The van der Waals surface area contributed by atoms with Gasteiger partial charge in [-0.3, -0.25) is 0 Å². The minimum atomic E-state index is 0.733. The number of fused-ring (bicyclic) bond motifs is 1. The Kier molecular flexibility index (Phi) is 2.29. The van der Waals surface area contributed by atoms with Gasteiger partial charge in [0.05, 0.1) is 13.3 Å². The van der Waals surface area contributed by atoms with Gasteiger partial charge in [0.15, 0.2) is 0 Å². The molecular weight excluding hydrogens is 202 g/mol. The molecule has 3 heterocycles. The Labute approximate surface area is 94.3 Å². The van der Waals surface area contributed by atoms with Crippen molar-refractivity contribution >= 4 is 5.52 Å². The van der Waals surface area contributed by atoms with E-state index in [0.717, 1.165) is 42.5 Å². The fourth-order valence-corrected chi connectivity index (χ4v) is 2.12. The van der Waals surface area contributed by atoms with E-state index in [2.05, 4.69) is 14.7 Å². The Morgan fingerprint density at radius 1 is 1.56 bits per heavy atom. The average Bonchev–Trinajstić information content (AvgIpc) is 2.66. The third-order valence-corrected chi connectivity index (χ3v) is 3.17. The third-order valence-electron chi connectivity index (χ3n) is 3.17. The number of methoxy groups -OCH3 is 1. The first kappa shape index (κ1) is 9.66. The molecule has 0 spiro atoms. The first-order chi connectivity index (χ1) is 7.88. The van der Waals surface area contributed by atoms with Crippen LogP contribution in [0.1, 0.15) is 5.82 Å². The van der Waals surface area contributed by atoms with Gasteiger partial charge in [0, 0.05) is 12.6 Å². The molecule has 2 aromatic rings. The summed E-state index contributed by atoms with van der Waals surface area (Å²) in [4.78, 5) is 4.48. The lowest BCUT2D eigenvalue weighted by molar-refractivity contribution is 0.340. The second-order valence-electron chi connectivity index (χ2n) is 4.23. The summed E-state index contributed by atoms with van der Waals surface area (Å²) in [6.07, 6.45) is 4.97. The van der Waals surface area contributed by atoms with Crippen molar-refractivity contribution in [2.75, 3.05) is 20.2 Å². The van der Waals surface area contributed by atoms with Crippen LogP contribution in [-0.2, 0) is 6.42 Å². The summed E-state index contributed by atoms with van der Waals surface area (Å²) in [5, 5.41) is 3.28. The van der Waals surface area contributed by atoms with Crippen molar-refractivity contribution in [2.45, 2.75) is 6.42 Å². The van der Waals surface area contributed by atoms with Crippen LogP contribution in [-0.4, -0.2) is 29.6 Å². The quantitative estimate of drug-likeness (QED) is 0.837. The maximum atomic E-state index is 5.31. The summed E-state index contributed by atoms with van der Waals surface area (Å²) < 4.78 is 7.44. The van der Waals surface area contributed by atoms with Crippen LogP contribution in [0.3, 0.4) is 0 Å². The number of nitrogens with zero attached hydrogens (tertiary/aromatic N) is 2. The van der Waals surface area contributed by atoms with Crippen molar-refractivity contribution < 1.29 is 4.74 Å². The Balaban J connectivity index is 1.99. The molecule has 16 heavy (non-hydrogen) atoms. The van der Waals surface area contributed by atoms with E-state index < -0.39 is 0 Å². The molecule has 3 rings (SSSR count). The number of pyridine rings is 1. The van der Waals surface area contributed by atoms with Crippen LogP contribution < -0.4 is 10.1 Å². The molecule has 0 saturated carbocycles. The maximum Gasteiger partial charge on any atom is 0.144 e. The number of hydrogen-bond donors (Lipinski definition) is 1. The maximum absolute atomic E-state index is 5.31. The molecule has 4 heteroatoms. The minimum Gasteiger partial charge on any atom is -0.494 e. The summed E-state index contributed by atoms with van der Waals surface area (Å²) in [6, 6.07) is 3.96. The summed E-state index contributed by atoms with van der Waals surface area (Å²) >= 11 is 0. The molecule has 0 aromatic carbocycles. The van der Waals surface area contributed by atoms with Gasteiger partial charge in [-0.1, -0.05) is 0 Å². The number of ether oxygens (including phenoxy) is 1. The van der Waals surface area contributed by atoms with Crippen molar-refractivity contribution in [3.05, 3.63) is 30.4 Å². The summed E-state index contributed by atoms with van der Waals surface area (Å²) in [5.41, 5.74) is 1.05. The van der Waals surface area contributed by atoms with Crippen LogP contribution in [0.15, 0.2) is 24.5 Å². The van der Waals surface area contributed by atoms with Gasteiger partial charge in [-0.05, 0) is 31.1 Å². The predicted octanol–water partition coefficient (Wildman–Crippen LogP) is 1.10. The number of rotatable bonds is 3. The van der Waals surface area contributed by atoms with E-state index in [1.54, 1.807) is 7.11 Å². The molecule has 84 valence electrons. The number of imidazole rings is 1. The topological polar surface area (TPSA) is 38.6 Å². The van der Waals surface area contributed by atoms with Gasteiger partial charge in [0.2, 0.25) is 0 Å². The standard InChI is InChI=1S/C12H15N3O/c1-16-11-3-2-4-15-10(11)8-14-12(15)5-9-6-13-7-9/h2-4,8-9,13H,5-7H2,1H3. The zero-order valence-corrected chi connectivity index (χ0v) is 9.31. The number of nitrogens with one attached hydrogen (secondary N) is 1. The lowest BCUT2D eigenvalue weighted by Crippen LogP contribution is -2.43. The molecule has 0 atom stereocenters. The lowest BCUT2D eigenvalue weighted by Gasteiger charge is -2.26. The van der Waals surface area contributed by atoms with Crippen LogP contribution in [0.4, 0.5) is 0 Å². The molecule has 1 saturated heterocycles. The van der Waals surface area contributed by atoms with Crippen LogP contribution >= 0.6 is 0 Å². The zero-order valence-electron chi connectivity index (χ0n) is 9.31. The van der Waals surface area contributed by atoms with Gasteiger partial charge in [0.25, 0.3) is 0 Å². The lowest BCUT2D eigenvalue weighted by atomic mass is 9.99. The largest absolute Gasteiger partial charge is 0.494 e. The fourth-order valence-electron chi connectivity index (χ4n) is 2.12. The van der Waals surface area contributed by atoms with Crippen LogP contribution in [0.2, 0.25) is 0 Å². The molecule has 1 fully saturated rings. The van der Waals surface area contributed by atoms with Crippen molar-refractivity contribution in [2.24, 2.45) is 5.92 Å². The van der Waals surface area contributed by atoms with E-state index in [1.807, 2.05) is 24.5 Å². The average molecular weight is 217 g/mol. The van der Waals surface area contributed by atoms with E-state index in [1.165, 1.54) is 0 Å². The molecule has 0 radical (unpaired) electrons. The minimum absolute atomic E-state index is 0.733. The molecule has 4 nitrogen and oxygen atoms in total. The van der Waals surface area contributed by atoms with E-state index in [-0.39, 0.29) is 0 Å². The van der Waals surface area contributed by atoms with Crippen LogP contribution in [0, 0.1) is 5.92 Å². The molecule has 2 aromatic heterocycles. The molecule has 1 aliphatic heterocycles. The third kappa shape index (κ3) is 1.46. The normalized spacial score (nSPS) is 16.3. The summed E-state index contributed by atoms with van der Waals surface area (Å²) in [5.74, 6) is 2.74. The SMILES string of the molecule is COc1cccn2c(CC3CNC3)ncc12. The number of aromatic nitrogens is 2. The van der Waals surface area contributed by atoms with Gasteiger partial charge in [-0.2, -0.15) is 0 Å². The van der Waals surface area contributed by atoms with Gasteiger partial charge in [-0.25, -0.2) is 4.98 Å². The van der Waals surface area contributed by atoms with Crippen molar-refractivity contribution in [3.8, 4) is 5.75 Å². The van der Waals surface area contributed by atoms with Gasteiger partial charge >= 0.3 is 0 Å². The predicted molar refractivity (Wildman–Crippen MR) is 61.8 cm³/mol. The van der Waals surface area contributed by atoms with Crippen LogP contribution in [0.25, 0.3) is 5.52 Å². The van der Waals surface area contributed by atoms with Crippen LogP contribution in [0.5, 0.6) is 5.75 Å². The first-order valence-electron chi connectivity index (χ1n) is 5.58. The van der Waals surface area contributed by atoms with Crippen molar-refractivity contribution in [1.29, 1.82) is 0 Å². The van der Waals surface area contributed by atoms with Gasteiger partial charge in [-0.15, -0.1) is 0 Å². The van der Waals surface area contributed by atoms with Gasteiger partial charge < -0.3 is 14.5 Å². The molecule has 0 bridgehead atoms. The highest BCUT2D eigenvalue weighted by atomic mass is 16.5. The van der Waals surface area contributed by atoms with E-state index in [0.29, 0.717) is 0 Å². The van der Waals surface area contributed by atoms with E-state index in [4.69, 9.17) is 4.74 Å². The summed E-state index contributed by atoms with van der Waals surface area (Å²) in [6.45, 7) is 2.22. The monoisotopic (exact) mass is 217 g/mol. The Bertz CT molecular complexity index is 502. The second kappa shape index (κ2) is 3.79. The zero-order chi connectivity index (χ0) is 11.0. The Morgan fingerprint density at radius 3 is 3.12 bits per heavy atom. The van der Waals surface area contributed by atoms with E-state index in [9.17, 15) is 0 Å². The van der Waals surface area contributed by atoms with E-state index >= 15 is 0 Å². The van der Waals surface area contributed by atoms with Crippen molar-refractivity contribution in [3.63, 3.8) is 0 Å². The second-order valence-corrected chi connectivity index (χ2v) is 4.23. The highest BCUT2D eigenvalue weighted by Crippen LogP contribution is 2.21. The molecule has 0 amide bonds. The Morgan fingerprint density at radius 2 is 2.44 bits per heavy atom. The molecule has 1 aliphatic rings. The highest BCUT2D eigenvalue weighted by Gasteiger charge is 2.19. The Hall–Kier alpha value is -1.55. The fraction of sp³-hybridized carbons (Fsp3) is 0.417. The smallest absolute Gasteiger partial charge is 0.144 e. The molecule has 1 N–H and O–H groups in total.